The van der Waals surface area contributed by atoms with Gasteiger partial charge in [-0.15, -0.1) is 0 Å². The summed E-state index contributed by atoms with van der Waals surface area (Å²) >= 11 is 0. The molecule has 0 saturated carbocycles. The van der Waals surface area contributed by atoms with E-state index < -0.39 is 12.2 Å². The number of likely N-dealkylation sites (tertiary alicyclic amines) is 1. The fourth-order valence-corrected chi connectivity index (χ4v) is 2.64. The fourth-order valence-electron chi connectivity index (χ4n) is 2.64. The van der Waals surface area contributed by atoms with Crippen LogP contribution in [0.4, 0.5) is 13.2 Å². The van der Waals surface area contributed by atoms with Crippen molar-refractivity contribution in [3.05, 3.63) is 24.3 Å². The second kappa shape index (κ2) is 6.38. The summed E-state index contributed by atoms with van der Waals surface area (Å²) in [5.41, 5.74) is 0.621. The Morgan fingerprint density at radius 1 is 1.38 bits per heavy atom. The van der Waals surface area contributed by atoms with E-state index >= 15 is 0 Å². The molecule has 21 heavy (non-hydrogen) atoms. The highest BCUT2D eigenvalue weighted by molar-refractivity contribution is 5.73. The van der Waals surface area contributed by atoms with Gasteiger partial charge in [-0.05, 0) is 12.8 Å². The van der Waals surface area contributed by atoms with Crippen molar-refractivity contribution in [2.45, 2.75) is 44.6 Å². The summed E-state index contributed by atoms with van der Waals surface area (Å²) in [5.74, 6) is -0.228. The molecule has 1 aliphatic heterocycles. The first-order chi connectivity index (χ1) is 9.86. The van der Waals surface area contributed by atoms with Crippen molar-refractivity contribution in [2.24, 2.45) is 0 Å². The largest absolute Gasteiger partial charge is 0.404 e. The molecule has 1 aromatic heterocycles. The van der Waals surface area contributed by atoms with Crippen LogP contribution >= 0.6 is 0 Å². The predicted octanol–water partition coefficient (Wildman–Crippen LogP) is 1.51. The van der Waals surface area contributed by atoms with Crippen LogP contribution in [0.2, 0.25) is 0 Å². The molecule has 0 aromatic carbocycles. The molecule has 2 atom stereocenters. The minimum Gasteiger partial charge on any atom is -0.352 e. The van der Waals surface area contributed by atoms with Gasteiger partial charge in [-0.2, -0.15) is 13.2 Å². The highest BCUT2D eigenvalue weighted by Crippen LogP contribution is 2.32. The number of carbonyl (C=O) groups excluding carboxylic acids is 1. The lowest BCUT2D eigenvalue weighted by Crippen LogP contribution is -2.55. The number of aromatic nitrogens is 2. The van der Waals surface area contributed by atoms with Crippen molar-refractivity contribution in [3.8, 4) is 0 Å². The van der Waals surface area contributed by atoms with Gasteiger partial charge in [0, 0.05) is 44.0 Å². The van der Waals surface area contributed by atoms with Crippen molar-refractivity contribution in [3.63, 3.8) is 0 Å². The van der Waals surface area contributed by atoms with Gasteiger partial charge in [-0.25, -0.2) is 9.97 Å². The third-order valence-electron chi connectivity index (χ3n) is 3.47. The molecular weight excluding hydrogens is 285 g/mol. The number of hydrogen-bond acceptors (Lipinski definition) is 4. The lowest BCUT2D eigenvalue weighted by Gasteiger charge is -2.40. The molecule has 5 nitrogen and oxygen atoms in total. The Labute approximate surface area is 120 Å². The summed E-state index contributed by atoms with van der Waals surface area (Å²) in [6, 6.07) is -1.76. The maximum Gasteiger partial charge on any atom is 0.404 e. The van der Waals surface area contributed by atoms with Crippen molar-refractivity contribution in [2.75, 3.05) is 6.54 Å². The highest BCUT2D eigenvalue weighted by Gasteiger charge is 2.46. The number of hydrogen-bond donors (Lipinski definition) is 1. The molecule has 1 aromatic rings. The lowest BCUT2D eigenvalue weighted by molar-refractivity contribution is -0.194. The quantitative estimate of drug-likeness (QED) is 0.919. The fraction of sp³-hybridized carbons (Fsp3) is 0.615. The molecule has 0 radical (unpaired) electrons. The van der Waals surface area contributed by atoms with E-state index in [1.54, 1.807) is 0 Å². The lowest BCUT2D eigenvalue weighted by atomic mass is 9.97. The molecule has 116 valence electrons. The van der Waals surface area contributed by atoms with Gasteiger partial charge in [-0.3, -0.25) is 9.69 Å². The summed E-state index contributed by atoms with van der Waals surface area (Å²) in [5, 5.41) is 2.69. The number of rotatable bonds is 3. The van der Waals surface area contributed by atoms with Crippen molar-refractivity contribution < 1.29 is 18.0 Å². The molecule has 2 unspecified atom stereocenters. The van der Waals surface area contributed by atoms with Crippen molar-refractivity contribution in [1.29, 1.82) is 0 Å². The van der Waals surface area contributed by atoms with Gasteiger partial charge in [-0.1, -0.05) is 0 Å². The van der Waals surface area contributed by atoms with Crippen LogP contribution in [0.25, 0.3) is 0 Å². The van der Waals surface area contributed by atoms with Crippen LogP contribution in [0.5, 0.6) is 0 Å². The Morgan fingerprint density at radius 3 is 2.62 bits per heavy atom. The van der Waals surface area contributed by atoms with E-state index in [1.807, 2.05) is 0 Å². The van der Waals surface area contributed by atoms with Crippen LogP contribution in [0, 0.1) is 0 Å². The van der Waals surface area contributed by atoms with E-state index in [-0.39, 0.29) is 31.5 Å². The number of nitrogens with zero attached hydrogens (tertiary/aromatic N) is 3. The van der Waals surface area contributed by atoms with Gasteiger partial charge in [0.05, 0.1) is 0 Å². The zero-order valence-electron chi connectivity index (χ0n) is 11.6. The van der Waals surface area contributed by atoms with Crippen LogP contribution < -0.4 is 5.32 Å². The van der Waals surface area contributed by atoms with Crippen LogP contribution in [0.15, 0.2) is 18.7 Å². The third-order valence-corrected chi connectivity index (χ3v) is 3.47. The number of nitrogens with one attached hydrogen (secondary N) is 1. The first-order valence-electron chi connectivity index (χ1n) is 6.68. The van der Waals surface area contributed by atoms with Crippen molar-refractivity contribution >= 4 is 5.91 Å². The molecule has 1 amide bonds. The Kier molecular flexibility index (Phi) is 4.76. The molecule has 2 rings (SSSR count). The van der Waals surface area contributed by atoms with Crippen LogP contribution in [0.3, 0.4) is 0 Å². The molecule has 8 heteroatoms. The number of alkyl halides is 3. The van der Waals surface area contributed by atoms with Gasteiger partial charge in [0.15, 0.2) is 0 Å². The molecule has 2 heterocycles. The number of amides is 1. The second-order valence-corrected chi connectivity index (χ2v) is 5.21. The number of carbonyl (C=O) groups is 1. The molecule has 1 saturated heterocycles. The molecule has 0 spiro atoms. The minimum absolute atomic E-state index is 0.0257. The summed E-state index contributed by atoms with van der Waals surface area (Å²) < 4.78 is 39.4. The number of halogens is 3. The average Bonchev–Trinajstić information content (AvgIpc) is 2.38. The standard InChI is InChI=1S/C13H17F3N4O/c1-9(21)19-11-2-3-12(13(14,15)16)20(7-11)6-10-4-17-8-18-5-10/h4-5,8,11-12H,2-3,6-7H2,1H3,(H,19,21). The summed E-state index contributed by atoms with van der Waals surface area (Å²) in [4.78, 5) is 20.1. The summed E-state index contributed by atoms with van der Waals surface area (Å²) in [6.45, 7) is 1.64. The highest BCUT2D eigenvalue weighted by atomic mass is 19.4. The third kappa shape index (κ3) is 4.38. The average molecular weight is 302 g/mol. The zero-order chi connectivity index (χ0) is 15.5. The topological polar surface area (TPSA) is 58.1 Å². The second-order valence-electron chi connectivity index (χ2n) is 5.21. The van der Waals surface area contributed by atoms with E-state index in [0.717, 1.165) is 0 Å². The normalized spacial score (nSPS) is 23.8. The molecule has 1 N–H and O–H groups in total. The van der Waals surface area contributed by atoms with Gasteiger partial charge in [0.2, 0.25) is 5.91 Å². The van der Waals surface area contributed by atoms with Gasteiger partial charge >= 0.3 is 6.18 Å². The van der Waals surface area contributed by atoms with Gasteiger partial charge in [0.25, 0.3) is 0 Å². The molecule has 0 aliphatic carbocycles. The molecular formula is C13H17F3N4O. The van der Waals surface area contributed by atoms with E-state index in [9.17, 15) is 18.0 Å². The first-order valence-corrected chi connectivity index (χ1v) is 6.68. The van der Waals surface area contributed by atoms with Crippen LogP contribution in [-0.2, 0) is 11.3 Å². The van der Waals surface area contributed by atoms with E-state index in [2.05, 4.69) is 15.3 Å². The van der Waals surface area contributed by atoms with Crippen molar-refractivity contribution in [1.82, 2.24) is 20.2 Å². The Bertz CT molecular complexity index is 480. The van der Waals surface area contributed by atoms with Crippen LogP contribution in [0.1, 0.15) is 25.3 Å². The zero-order valence-corrected chi connectivity index (χ0v) is 11.6. The van der Waals surface area contributed by atoms with Gasteiger partial charge in [0.1, 0.15) is 12.4 Å². The summed E-state index contributed by atoms with van der Waals surface area (Å²) in [7, 11) is 0. The van der Waals surface area contributed by atoms with Gasteiger partial charge < -0.3 is 5.32 Å². The first kappa shape index (κ1) is 15.7. The molecule has 1 aliphatic rings. The van der Waals surface area contributed by atoms with Crippen LogP contribution in [-0.4, -0.2) is 45.6 Å². The Balaban J connectivity index is 2.11. The van der Waals surface area contributed by atoms with E-state index in [1.165, 1.54) is 30.5 Å². The maximum atomic E-state index is 13.1. The maximum absolute atomic E-state index is 13.1. The predicted molar refractivity (Wildman–Crippen MR) is 69.1 cm³/mol. The Morgan fingerprint density at radius 2 is 2.05 bits per heavy atom. The minimum atomic E-state index is -4.28. The molecule has 1 fully saturated rings. The molecule has 0 bridgehead atoms. The Hall–Kier alpha value is -1.70. The monoisotopic (exact) mass is 302 g/mol. The smallest absolute Gasteiger partial charge is 0.352 e. The summed E-state index contributed by atoms with van der Waals surface area (Å²) in [6.07, 6.45) is 0.358. The number of piperidine rings is 1. The van der Waals surface area contributed by atoms with E-state index in [4.69, 9.17) is 0 Å². The van der Waals surface area contributed by atoms with E-state index in [0.29, 0.717) is 12.0 Å². The SMILES string of the molecule is CC(=O)NC1CCC(C(F)(F)F)N(Cc2cncnc2)C1.